The Morgan fingerprint density at radius 3 is 2.30 bits per heavy atom. The van der Waals surface area contributed by atoms with Crippen LogP contribution in [0.5, 0.6) is 0 Å². The molecule has 3 aromatic rings. The van der Waals surface area contributed by atoms with E-state index in [-0.39, 0.29) is 0 Å². The molecule has 0 heteroatoms. The van der Waals surface area contributed by atoms with Crippen molar-refractivity contribution in [3.05, 3.63) is 84.9 Å². The summed E-state index contributed by atoms with van der Waals surface area (Å²) >= 11 is 0. The zero-order valence-corrected chi connectivity index (χ0v) is 10.9. The van der Waals surface area contributed by atoms with Crippen LogP contribution in [-0.4, -0.2) is 0 Å². The standard InChI is InChI=1S/C10H5.C10H7/c1-2-4-9-7(3-1)5-8-6-10(8)9;1-2-6-10-8-4-3-7-9(10)5-1/h1-4,6H;1-7H. The first-order chi connectivity index (χ1) is 9.92. The second-order valence-corrected chi connectivity index (χ2v) is 4.90. The van der Waals surface area contributed by atoms with Crippen LogP contribution in [0.2, 0.25) is 0 Å². The minimum Gasteiger partial charge on any atom is -0.0616 e. The largest absolute Gasteiger partial charge is 0.0616 e. The Hall–Kier alpha value is -2.60. The zero-order valence-electron chi connectivity index (χ0n) is 10.9. The molecular formula is C20H12. The molecule has 0 heterocycles. The molecule has 0 unspecified atom stereocenters. The van der Waals surface area contributed by atoms with Crippen LogP contribution in [0, 0.1) is 12.1 Å². The van der Waals surface area contributed by atoms with Crippen LogP contribution in [0.4, 0.5) is 0 Å². The molecule has 0 fully saturated rings. The first kappa shape index (κ1) is 11.2. The molecule has 2 radical (unpaired) electrons. The summed E-state index contributed by atoms with van der Waals surface area (Å²) in [6.45, 7) is 0. The fourth-order valence-corrected chi connectivity index (χ4v) is 2.47. The smallest absolute Gasteiger partial charge is 0.00137 e. The molecule has 0 saturated carbocycles. The highest BCUT2D eigenvalue weighted by Gasteiger charge is 2.16. The predicted molar refractivity (Wildman–Crippen MR) is 84.6 cm³/mol. The van der Waals surface area contributed by atoms with Gasteiger partial charge in [-0.25, -0.2) is 0 Å². The maximum Gasteiger partial charge on any atom is -0.00137 e. The van der Waals surface area contributed by atoms with Gasteiger partial charge in [0.05, 0.1) is 0 Å². The molecule has 3 aromatic carbocycles. The Balaban J connectivity index is 0.000000106. The van der Waals surface area contributed by atoms with E-state index >= 15 is 0 Å². The lowest BCUT2D eigenvalue weighted by atomic mass is 10.1. The summed E-state index contributed by atoms with van der Waals surface area (Å²) < 4.78 is 0. The molecule has 0 saturated heterocycles. The van der Waals surface area contributed by atoms with E-state index in [4.69, 9.17) is 0 Å². The third-order valence-corrected chi connectivity index (χ3v) is 3.55. The summed E-state index contributed by atoms with van der Waals surface area (Å²) in [5.41, 5.74) is 2.71. The first-order valence-corrected chi connectivity index (χ1v) is 6.73. The molecule has 0 spiro atoms. The van der Waals surface area contributed by atoms with E-state index < -0.39 is 0 Å². The lowest BCUT2D eigenvalue weighted by Gasteiger charge is -1.91. The third-order valence-electron chi connectivity index (χ3n) is 3.55. The Kier molecular flexibility index (Phi) is 2.53. The fourth-order valence-electron chi connectivity index (χ4n) is 2.47. The normalized spacial score (nSPS) is 11.0. The monoisotopic (exact) mass is 252 g/mol. The van der Waals surface area contributed by atoms with E-state index in [0.29, 0.717) is 0 Å². The first-order valence-electron chi connectivity index (χ1n) is 6.73. The van der Waals surface area contributed by atoms with Gasteiger partial charge in [-0.05, 0) is 50.9 Å². The number of benzene rings is 4. The summed E-state index contributed by atoms with van der Waals surface area (Å²) in [5.74, 6) is 0. The van der Waals surface area contributed by atoms with Crippen LogP contribution in [0.1, 0.15) is 0 Å². The summed E-state index contributed by atoms with van der Waals surface area (Å²) in [6.07, 6.45) is 0. The highest BCUT2D eigenvalue weighted by atomic mass is 14.2. The number of fused-ring (bicyclic) bond motifs is 4. The van der Waals surface area contributed by atoms with E-state index in [1.165, 1.54) is 32.7 Å². The van der Waals surface area contributed by atoms with Gasteiger partial charge >= 0.3 is 0 Å². The van der Waals surface area contributed by atoms with Gasteiger partial charge in [0.2, 0.25) is 0 Å². The number of rotatable bonds is 0. The summed E-state index contributed by atoms with van der Waals surface area (Å²) in [6, 6.07) is 31.2. The van der Waals surface area contributed by atoms with Gasteiger partial charge in [-0.3, -0.25) is 0 Å². The van der Waals surface area contributed by atoms with Crippen LogP contribution >= 0.6 is 0 Å². The van der Waals surface area contributed by atoms with Crippen molar-refractivity contribution in [3.8, 4) is 11.1 Å². The Morgan fingerprint density at radius 2 is 1.45 bits per heavy atom. The maximum absolute atomic E-state index is 3.30. The molecule has 0 nitrogen and oxygen atoms in total. The minimum absolute atomic E-state index is 1.19. The molecular weight excluding hydrogens is 240 g/mol. The second-order valence-electron chi connectivity index (χ2n) is 4.90. The highest BCUT2D eigenvalue weighted by molar-refractivity contribution is 6.08. The van der Waals surface area contributed by atoms with Crippen molar-refractivity contribution >= 4 is 21.5 Å². The minimum atomic E-state index is 1.19. The molecule has 0 N–H and O–H groups in total. The molecule has 92 valence electrons. The van der Waals surface area contributed by atoms with Gasteiger partial charge < -0.3 is 0 Å². The van der Waals surface area contributed by atoms with Crippen molar-refractivity contribution in [2.24, 2.45) is 0 Å². The van der Waals surface area contributed by atoms with Crippen molar-refractivity contribution in [1.29, 1.82) is 0 Å². The molecule has 2 aliphatic carbocycles. The van der Waals surface area contributed by atoms with E-state index in [2.05, 4.69) is 60.7 Å². The zero-order chi connectivity index (χ0) is 13.4. The van der Waals surface area contributed by atoms with Crippen LogP contribution in [0.25, 0.3) is 32.7 Å². The lowest BCUT2D eigenvalue weighted by molar-refractivity contribution is 1.74. The van der Waals surface area contributed by atoms with Crippen molar-refractivity contribution in [3.63, 3.8) is 0 Å². The van der Waals surface area contributed by atoms with Gasteiger partial charge in [-0.1, -0.05) is 66.7 Å². The average Bonchev–Trinajstić information content (AvgIpc) is 3.20. The maximum atomic E-state index is 3.30. The Labute approximate surface area is 118 Å². The van der Waals surface area contributed by atoms with E-state index in [0.717, 1.165) is 0 Å². The fraction of sp³-hybridized carbons (Fsp3) is 0. The van der Waals surface area contributed by atoms with Crippen LogP contribution in [-0.2, 0) is 0 Å². The summed E-state index contributed by atoms with van der Waals surface area (Å²) in [4.78, 5) is 0. The van der Waals surface area contributed by atoms with Gasteiger partial charge in [0.25, 0.3) is 0 Å². The molecule has 2 aliphatic rings. The Bertz CT molecular complexity index is 827. The number of hydrogen-bond donors (Lipinski definition) is 0. The molecule has 0 bridgehead atoms. The lowest BCUT2D eigenvalue weighted by Crippen LogP contribution is -1.67. The van der Waals surface area contributed by atoms with Gasteiger partial charge in [0.1, 0.15) is 0 Å². The molecule has 0 atom stereocenters. The Morgan fingerprint density at radius 1 is 0.700 bits per heavy atom. The summed E-state index contributed by atoms with van der Waals surface area (Å²) in [5, 5.41) is 5.06. The molecule has 0 aliphatic heterocycles. The molecule has 0 amide bonds. The van der Waals surface area contributed by atoms with Crippen molar-refractivity contribution < 1.29 is 0 Å². The quantitative estimate of drug-likeness (QED) is 0.352. The number of hydrogen-bond acceptors (Lipinski definition) is 0. The summed E-state index contributed by atoms with van der Waals surface area (Å²) in [7, 11) is 0. The van der Waals surface area contributed by atoms with E-state index in [1.54, 1.807) is 0 Å². The van der Waals surface area contributed by atoms with E-state index in [1.807, 2.05) is 24.3 Å². The predicted octanol–water partition coefficient (Wildman–Crippen LogP) is 5.26. The van der Waals surface area contributed by atoms with Crippen molar-refractivity contribution in [1.82, 2.24) is 0 Å². The van der Waals surface area contributed by atoms with Crippen LogP contribution in [0.3, 0.4) is 0 Å². The van der Waals surface area contributed by atoms with Gasteiger partial charge in [0.15, 0.2) is 0 Å². The SMILES string of the molecule is [c]1c2cc-2c2ccccc12.[c]1cccc2ccccc12. The van der Waals surface area contributed by atoms with Crippen LogP contribution < -0.4 is 0 Å². The molecule has 0 aromatic heterocycles. The van der Waals surface area contributed by atoms with Crippen molar-refractivity contribution in [2.45, 2.75) is 0 Å². The topological polar surface area (TPSA) is 0 Å². The van der Waals surface area contributed by atoms with E-state index in [9.17, 15) is 0 Å². The third kappa shape index (κ3) is 1.96. The molecule has 5 rings (SSSR count). The highest BCUT2D eigenvalue weighted by Crippen LogP contribution is 2.41. The second kappa shape index (κ2) is 4.50. The van der Waals surface area contributed by atoms with Gasteiger partial charge in [-0.15, -0.1) is 0 Å². The molecule has 20 heavy (non-hydrogen) atoms. The average molecular weight is 252 g/mol. The van der Waals surface area contributed by atoms with Crippen molar-refractivity contribution in [2.75, 3.05) is 0 Å². The van der Waals surface area contributed by atoms with Crippen LogP contribution in [0.15, 0.2) is 72.8 Å². The van der Waals surface area contributed by atoms with Gasteiger partial charge in [-0.2, -0.15) is 0 Å². The van der Waals surface area contributed by atoms with Gasteiger partial charge in [0, 0.05) is 0 Å².